The molecule has 0 saturated heterocycles. The van der Waals surface area contributed by atoms with Crippen molar-refractivity contribution in [1.29, 1.82) is 0 Å². The van der Waals surface area contributed by atoms with E-state index in [1.807, 2.05) is 6.92 Å². The summed E-state index contributed by atoms with van der Waals surface area (Å²) in [6.07, 6.45) is 1.26. The van der Waals surface area contributed by atoms with Crippen LogP contribution in [0.4, 0.5) is 10.1 Å². The predicted molar refractivity (Wildman–Crippen MR) is 66.0 cm³/mol. The smallest absolute Gasteiger partial charge is 0.328 e. The molecule has 2 rings (SSSR count). The summed E-state index contributed by atoms with van der Waals surface area (Å²) in [6, 6.07) is 4.33. The Balaban J connectivity index is 2.46. The summed E-state index contributed by atoms with van der Waals surface area (Å²) in [5.41, 5.74) is 5.70. The maximum Gasteiger partial charge on any atom is 0.328 e. The summed E-state index contributed by atoms with van der Waals surface area (Å²) >= 11 is 0. The summed E-state index contributed by atoms with van der Waals surface area (Å²) in [5, 5.41) is 0. The lowest BCUT2D eigenvalue weighted by Crippen LogP contribution is -2.31. The lowest BCUT2D eigenvalue weighted by molar-refractivity contribution is 0.621. The lowest BCUT2D eigenvalue weighted by atomic mass is 10.1. The fraction of sp³-hybridized carbons (Fsp3) is 0.167. The Morgan fingerprint density at radius 3 is 2.83 bits per heavy atom. The molecular formula is C12H12FN3O2. The zero-order chi connectivity index (χ0) is 13.3. The van der Waals surface area contributed by atoms with Gasteiger partial charge in [-0.2, -0.15) is 0 Å². The molecule has 0 amide bonds. The second-order valence-electron chi connectivity index (χ2n) is 4.04. The molecule has 0 aliphatic heterocycles. The van der Waals surface area contributed by atoms with Crippen molar-refractivity contribution in [2.75, 3.05) is 5.73 Å². The van der Waals surface area contributed by atoms with Gasteiger partial charge in [0.05, 0.1) is 6.54 Å². The minimum absolute atomic E-state index is 0.0522. The molecule has 0 spiro atoms. The number of nitrogens with zero attached hydrogens (tertiary/aromatic N) is 1. The third-order valence-electron chi connectivity index (χ3n) is 2.69. The van der Waals surface area contributed by atoms with Crippen molar-refractivity contribution in [1.82, 2.24) is 9.55 Å². The van der Waals surface area contributed by atoms with Gasteiger partial charge in [0.15, 0.2) is 0 Å². The van der Waals surface area contributed by atoms with Gasteiger partial charge in [-0.3, -0.25) is 14.3 Å². The third-order valence-corrected chi connectivity index (χ3v) is 2.69. The van der Waals surface area contributed by atoms with Crippen molar-refractivity contribution in [2.24, 2.45) is 0 Å². The van der Waals surface area contributed by atoms with Crippen molar-refractivity contribution in [3.05, 3.63) is 62.2 Å². The number of aryl methyl sites for hydroxylation is 1. The number of aromatic nitrogens is 2. The van der Waals surface area contributed by atoms with E-state index in [9.17, 15) is 14.0 Å². The summed E-state index contributed by atoms with van der Waals surface area (Å²) in [4.78, 5) is 24.8. The molecular weight excluding hydrogens is 237 g/mol. The molecule has 0 bridgehead atoms. The molecule has 0 fully saturated rings. The summed E-state index contributed by atoms with van der Waals surface area (Å²) in [6.45, 7) is 1.97. The molecule has 3 N–H and O–H groups in total. The van der Waals surface area contributed by atoms with Crippen LogP contribution in [0, 0.1) is 12.7 Å². The van der Waals surface area contributed by atoms with E-state index in [0.717, 1.165) is 5.56 Å². The maximum atomic E-state index is 13.1. The summed E-state index contributed by atoms with van der Waals surface area (Å²) in [5.74, 6) is -0.374. The highest BCUT2D eigenvalue weighted by Gasteiger charge is 2.05. The first kappa shape index (κ1) is 12.1. The highest BCUT2D eigenvalue weighted by atomic mass is 19.1. The van der Waals surface area contributed by atoms with E-state index in [4.69, 9.17) is 5.73 Å². The van der Waals surface area contributed by atoms with Gasteiger partial charge in [-0.1, -0.05) is 6.07 Å². The van der Waals surface area contributed by atoms with Crippen molar-refractivity contribution in [3.63, 3.8) is 0 Å². The van der Waals surface area contributed by atoms with Crippen LogP contribution < -0.4 is 17.0 Å². The number of anilines is 1. The average Bonchev–Trinajstić information content (AvgIpc) is 2.30. The van der Waals surface area contributed by atoms with Gasteiger partial charge < -0.3 is 5.73 Å². The third kappa shape index (κ3) is 2.32. The zero-order valence-electron chi connectivity index (χ0n) is 9.74. The van der Waals surface area contributed by atoms with E-state index in [1.165, 1.54) is 22.9 Å². The van der Waals surface area contributed by atoms with Gasteiger partial charge in [0, 0.05) is 6.20 Å². The minimum Gasteiger partial charge on any atom is -0.393 e. The van der Waals surface area contributed by atoms with Crippen LogP contribution >= 0.6 is 0 Å². The molecule has 0 radical (unpaired) electrons. The van der Waals surface area contributed by atoms with Gasteiger partial charge in [-0.15, -0.1) is 0 Å². The van der Waals surface area contributed by atoms with E-state index in [-0.39, 0.29) is 18.0 Å². The Labute approximate surface area is 102 Å². The molecule has 5 nitrogen and oxygen atoms in total. The number of rotatable bonds is 2. The first-order chi connectivity index (χ1) is 8.47. The number of halogens is 1. The van der Waals surface area contributed by atoms with Crippen molar-refractivity contribution in [3.8, 4) is 0 Å². The van der Waals surface area contributed by atoms with Crippen molar-refractivity contribution < 1.29 is 4.39 Å². The molecule has 6 heteroatoms. The molecule has 94 valence electrons. The van der Waals surface area contributed by atoms with E-state index in [1.54, 1.807) is 6.07 Å². The highest BCUT2D eigenvalue weighted by molar-refractivity contribution is 5.31. The first-order valence-electron chi connectivity index (χ1n) is 5.31. The number of hydrogen-bond acceptors (Lipinski definition) is 3. The van der Waals surface area contributed by atoms with Gasteiger partial charge in [0.2, 0.25) is 0 Å². The second-order valence-corrected chi connectivity index (χ2v) is 4.04. The fourth-order valence-corrected chi connectivity index (χ4v) is 1.64. The van der Waals surface area contributed by atoms with Crippen LogP contribution in [0.2, 0.25) is 0 Å². The van der Waals surface area contributed by atoms with Crippen LogP contribution in [0.15, 0.2) is 34.0 Å². The van der Waals surface area contributed by atoms with Crippen LogP contribution in [-0.4, -0.2) is 9.55 Å². The Morgan fingerprint density at radius 2 is 2.11 bits per heavy atom. The Bertz CT molecular complexity index is 703. The fourth-order valence-electron chi connectivity index (χ4n) is 1.64. The molecule has 0 unspecified atom stereocenters. The van der Waals surface area contributed by atoms with Crippen LogP contribution in [0.5, 0.6) is 0 Å². The molecule has 0 atom stereocenters. The van der Waals surface area contributed by atoms with E-state index in [0.29, 0.717) is 5.56 Å². The van der Waals surface area contributed by atoms with Crippen molar-refractivity contribution in [2.45, 2.75) is 13.5 Å². The van der Waals surface area contributed by atoms with Crippen LogP contribution in [-0.2, 0) is 6.54 Å². The van der Waals surface area contributed by atoms with E-state index < -0.39 is 11.2 Å². The van der Waals surface area contributed by atoms with Gasteiger partial charge >= 0.3 is 5.69 Å². The lowest BCUT2D eigenvalue weighted by Gasteiger charge is -2.08. The standard InChI is InChI=1S/C12H12FN3O2/c1-7-2-3-9(13)4-8(7)5-16-6-10(14)11(17)15-12(16)18/h2-4,6H,5,14H2,1H3,(H,15,17,18). The van der Waals surface area contributed by atoms with Crippen molar-refractivity contribution >= 4 is 5.69 Å². The number of nitrogens with two attached hydrogens (primary N) is 1. The van der Waals surface area contributed by atoms with Gasteiger partial charge in [-0.05, 0) is 30.2 Å². The number of hydrogen-bond donors (Lipinski definition) is 2. The monoisotopic (exact) mass is 249 g/mol. The van der Waals surface area contributed by atoms with E-state index in [2.05, 4.69) is 4.98 Å². The normalized spacial score (nSPS) is 10.6. The minimum atomic E-state index is -0.618. The molecule has 1 aromatic carbocycles. The van der Waals surface area contributed by atoms with Crippen LogP contribution in [0.1, 0.15) is 11.1 Å². The summed E-state index contributed by atoms with van der Waals surface area (Å²) in [7, 11) is 0. The van der Waals surface area contributed by atoms with Gasteiger partial charge in [0.25, 0.3) is 5.56 Å². The Kier molecular flexibility index (Phi) is 3.01. The molecule has 0 aliphatic carbocycles. The molecule has 0 saturated carbocycles. The first-order valence-corrected chi connectivity index (χ1v) is 5.31. The predicted octanol–water partition coefficient (Wildman–Crippen LogP) is 0.615. The Morgan fingerprint density at radius 1 is 1.39 bits per heavy atom. The number of aromatic amines is 1. The SMILES string of the molecule is Cc1ccc(F)cc1Cn1cc(N)c(=O)[nH]c1=O. The average molecular weight is 249 g/mol. The van der Waals surface area contributed by atoms with E-state index >= 15 is 0 Å². The number of nitrogen functional groups attached to an aromatic ring is 1. The number of H-pyrrole nitrogens is 1. The van der Waals surface area contributed by atoms with Gasteiger partial charge in [0.1, 0.15) is 11.5 Å². The molecule has 18 heavy (non-hydrogen) atoms. The second kappa shape index (κ2) is 4.48. The maximum absolute atomic E-state index is 13.1. The van der Waals surface area contributed by atoms with Crippen LogP contribution in [0.3, 0.4) is 0 Å². The molecule has 0 aliphatic rings. The molecule has 2 aromatic rings. The van der Waals surface area contributed by atoms with Crippen LogP contribution in [0.25, 0.3) is 0 Å². The van der Waals surface area contributed by atoms with Gasteiger partial charge in [-0.25, -0.2) is 9.18 Å². The zero-order valence-corrected chi connectivity index (χ0v) is 9.74. The summed E-state index contributed by atoms with van der Waals surface area (Å²) < 4.78 is 14.4. The number of benzene rings is 1. The highest BCUT2D eigenvalue weighted by Crippen LogP contribution is 2.11. The quantitative estimate of drug-likeness (QED) is 0.818. The number of nitrogens with one attached hydrogen (secondary N) is 1. The molecule has 1 heterocycles. The Hall–Kier alpha value is -2.37. The molecule has 1 aromatic heterocycles. The topological polar surface area (TPSA) is 80.9 Å². The largest absolute Gasteiger partial charge is 0.393 e.